The fourth-order valence-electron chi connectivity index (χ4n) is 2.11. The lowest BCUT2D eigenvalue weighted by molar-refractivity contribution is 0.102. The Kier molecular flexibility index (Phi) is 3.92. The lowest BCUT2D eigenvalue weighted by atomic mass is 10.1. The summed E-state index contributed by atoms with van der Waals surface area (Å²) in [5, 5.41) is 3.55. The van der Waals surface area contributed by atoms with Gasteiger partial charge >= 0.3 is 0 Å². The summed E-state index contributed by atoms with van der Waals surface area (Å²) in [4.78, 5) is 19.4. The molecule has 1 heterocycles. The number of benzene rings is 2. The van der Waals surface area contributed by atoms with Crippen LogP contribution < -0.4 is 10.1 Å². The molecule has 1 amide bonds. The second-order valence-corrected chi connectivity index (χ2v) is 5.35. The summed E-state index contributed by atoms with van der Waals surface area (Å²) in [7, 11) is 1.50. The highest BCUT2D eigenvalue weighted by atomic mass is 35.5. The number of amides is 1. The average Bonchev–Trinajstić information content (AvgIpc) is 2.86. The van der Waals surface area contributed by atoms with Gasteiger partial charge < -0.3 is 15.0 Å². The molecule has 112 valence electrons. The number of hydrogen-bond acceptors (Lipinski definition) is 3. The third-order valence-corrected chi connectivity index (χ3v) is 3.53. The largest absolute Gasteiger partial charge is 0.496 e. The minimum Gasteiger partial charge on any atom is -0.496 e. The van der Waals surface area contributed by atoms with Crippen LogP contribution in [0.5, 0.6) is 5.75 Å². The van der Waals surface area contributed by atoms with E-state index in [0.29, 0.717) is 27.3 Å². The maximum Gasteiger partial charge on any atom is 0.259 e. The molecule has 0 unspecified atom stereocenters. The van der Waals surface area contributed by atoms with Crippen molar-refractivity contribution in [2.75, 3.05) is 12.4 Å². The number of rotatable bonds is 3. The summed E-state index contributed by atoms with van der Waals surface area (Å²) in [5.74, 6) is 0.136. The average molecular weight is 336 g/mol. The summed E-state index contributed by atoms with van der Waals surface area (Å²) < 4.78 is 5.18. The number of hydrogen-bond donors (Lipinski definition) is 2. The van der Waals surface area contributed by atoms with Crippen molar-refractivity contribution < 1.29 is 9.53 Å². The van der Waals surface area contributed by atoms with Gasteiger partial charge in [0.1, 0.15) is 5.75 Å². The summed E-state index contributed by atoms with van der Waals surface area (Å²) >= 11 is 11.7. The monoisotopic (exact) mass is 335 g/mol. The molecule has 0 spiro atoms. The molecule has 0 saturated heterocycles. The molecule has 0 saturated carbocycles. The van der Waals surface area contributed by atoms with Crippen LogP contribution in [-0.2, 0) is 0 Å². The van der Waals surface area contributed by atoms with E-state index in [9.17, 15) is 4.79 Å². The number of imidazole rings is 1. The van der Waals surface area contributed by atoms with Crippen molar-refractivity contribution in [3.63, 3.8) is 0 Å². The van der Waals surface area contributed by atoms with Crippen LogP contribution in [0.4, 0.5) is 5.69 Å². The number of anilines is 1. The molecule has 0 bridgehead atoms. The molecule has 3 rings (SSSR count). The minimum absolute atomic E-state index is 0.301. The first kappa shape index (κ1) is 14.7. The van der Waals surface area contributed by atoms with Crippen molar-refractivity contribution in [3.8, 4) is 5.75 Å². The first-order valence-corrected chi connectivity index (χ1v) is 7.12. The Hall–Kier alpha value is -2.24. The zero-order valence-electron chi connectivity index (χ0n) is 11.5. The lowest BCUT2D eigenvalue weighted by Crippen LogP contribution is -2.13. The molecule has 22 heavy (non-hydrogen) atoms. The highest BCUT2D eigenvalue weighted by molar-refractivity contribution is 6.31. The van der Waals surface area contributed by atoms with Crippen molar-refractivity contribution in [2.45, 2.75) is 0 Å². The van der Waals surface area contributed by atoms with Crippen LogP contribution in [-0.4, -0.2) is 23.0 Å². The zero-order valence-corrected chi connectivity index (χ0v) is 13.0. The topological polar surface area (TPSA) is 67.0 Å². The highest BCUT2D eigenvalue weighted by Gasteiger charge is 2.13. The number of carbonyl (C=O) groups is 1. The van der Waals surface area contributed by atoms with Crippen LogP contribution in [0.3, 0.4) is 0 Å². The van der Waals surface area contributed by atoms with E-state index in [0.717, 1.165) is 11.0 Å². The highest BCUT2D eigenvalue weighted by Crippen LogP contribution is 2.25. The van der Waals surface area contributed by atoms with E-state index in [1.165, 1.54) is 7.11 Å². The molecule has 2 N–H and O–H groups in total. The number of nitrogens with zero attached hydrogens (tertiary/aromatic N) is 1. The molecule has 0 fully saturated rings. The summed E-state index contributed by atoms with van der Waals surface area (Å²) in [6, 6.07) is 10.1. The molecule has 1 aromatic heterocycles. The normalized spacial score (nSPS) is 10.7. The molecular formula is C15H11Cl2N3O2. The Morgan fingerprint density at radius 2 is 2.05 bits per heavy atom. The second-order valence-electron chi connectivity index (χ2n) is 4.56. The van der Waals surface area contributed by atoms with Gasteiger partial charge in [0.05, 0.1) is 23.7 Å². The SMILES string of the molecule is COc1ccc(Cl)cc1C(=O)Nc1ccc2nc(Cl)[nH]c2c1. The molecule has 3 aromatic rings. The number of H-pyrrole nitrogens is 1. The van der Waals surface area contributed by atoms with Crippen LogP contribution in [0.1, 0.15) is 10.4 Å². The fraction of sp³-hybridized carbons (Fsp3) is 0.0667. The van der Waals surface area contributed by atoms with Gasteiger partial charge in [-0.15, -0.1) is 0 Å². The molecule has 0 aliphatic heterocycles. The predicted molar refractivity (Wildman–Crippen MR) is 87.1 cm³/mol. The molecule has 7 heteroatoms. The van der Waals surface area contributed by atoms with Crippen LogP contribution >= 0.6 is 23.2 Å². The van der Waals surface area contributed by atoms with Crippen LogP contribution in [0.25, 0.3) is 11.0 Å². The van der Waals surface area contributed by atoms with E-state index >= 15 is 0 Å². The Bertz CT molecular complexity index is 861. The summed E-state index contributed by atoms with van der Waals surface area (Å²) in [5.41, 5.74) is 2.43. The maximum atomic E-state index is 12.4. The predicted octanol–water partition coefficient (Wildman–Crippen LogP) is 4.13. The third kappa shape index (κ3) is 2.86. The zero-order chi connectivity index (χ0) is 15.7. The van der Waals surface area contributed by atoms with Gasteiger partial charge in [0.15, 0.2) is 0 Å². The number of carbonyl (C=O) groups excluding carboxylic acids is 1. The number of fused-ring (bicyclic) bond motifs is 1. The van der Waals surface area contributed by atoms with Gasteiger partial charge in [-0.25, -0.2) is 4.98 Å². The van der Waals surface area contributed by atoms with Crippen molar-refractivity contribution in [2.24, 2.45) is 0 Å². The number of aromatic nitrogens is 2. The van der Waals surface area contributed by atoms with Crippen molar-refractivity contribution in [1.29, 1.82) is 0 Å². The van der Waals surface area contributed by atoms with Crippen molar-refractivity contribution >= 4 is 45.8 Å². The second kappa shape index (κ2) is 5.87. The molecule has 0 aliphatic carbocycles. The Morgan fingerprint density at radius 3 is 2.82 bits per heavy atom. The van der Waals surface area contributed by atoms with E-state index < -0.39 is 0 Å². The van der Waals surface area contributed by atoms with Crippen LogP contribution in [0.15, 0.2) is 36.4 Å². The van der Waals surface area contributed by atoms with E-state index in [1.807, 2.05) is 0 Å². The van der Waals surface area contributed by atoms with Gasteiger partial charge in [-0.2, -0.15) is 0 Å². The number of ether oxygens (including phenoxy) is 1. The minimum atomic E-state index is -0.315. The smallest absolute Gasteiger partial charge is 0.259 e. The molecule has 2 aromatic carbocycles. The maximum absolute atomic E-state index is 12.4. The number of halogens is 2. The summed E-state index contributed by atoms with van der Waals surface area (Å²) in [6.45, 7) is 0. The third-order valence-electron chi connectivity index (χ3n) is 3.12. The van der Waals surface area contributed by atoms with E-state index in [4.69, 9.17) is 27.9 Å². The molecule has 0 atom stereocenters. The number of aromatic amines is 1. The van der Waals surface area contributed by atoms with E-state index in [-0.39, 0.29) is 5.91 Å². The van der Waals surface area contributed by atoms with Crippen LogP contribution in [0, 0.1) is 0 Å². The van der Waals surface area contributed by atoms with Crippen molar-refractivity contribution in [3.05, 3.63) is 52.3 Å². The summed E-state index contributed by atoms with van der Waals surface area (Å²) in [6.07, 6.45) is 0. The standard InChI is InChI=1S/C15H11Cl2N3O2/c1-22-13-5-2-8(16)6-10(13)14(21)18-9-3-4-11-12(7-9)20-15(17)19-11/h2-7H,1H3,(H,18,21)(H,19,20). The Labute approximate surface area is 136 Å². The lowest BCUT2D eigenvalue weighted by Gasteiger charge is -2.09. The van der Waals surface area contributed by atoms with Gasteiger partial charge in [0.25, 0.3) is 5.91 Å². The molecule has 0 radical (unpaired) electrons. The van der Waals surface area contributed by atoms with Gasteiger partial charge in [0, 0.05) is 10.7 Å². The van der Waals surface area contributed by atoms with Gasteiger partial charge in [-0.3, -0.25) is 4.79 Å². The first-order valence-electron chi connectivity index (χ1n) is 6.37. The number of nitrogens with one attached hydrogen (secondary N) is 2. The van der Waals surface area contributed by atoms with E-state index in [1.54, 1.807) is 36.4 Å². The quantitative estimate of drug-likeness (QED) is 0.756. The molecular weight excluding hydrogens is 325 g/mol. The first-order chi connectivity index (χ1) is 10.6. The van der Waals surface area contributed by atoms with Crippen LogP contribution in [0.2, 0.25) is 10.3 Å². The van der Waals surface area contributed by atoms with Gasteiger partial charge in [-0.1, -0.05) is 11.6 Å². The number of methoxy groups -OCH3 is 1. The Morgan fingerprint density at radius 1 is 1.23 bits per heavy atom. The fourth-order valence-corrected chi connectivity index (χ4v) is 2.48. The molecule has 0 aliphatic rings. The van der Waals surface area contributed by atoms with Crippen molar-refractivity contribution in [1.82, 2.24) is 9.97 Å². The van der Waals surface area contributed by atoms with Gasteiger partial charge in [-0.05, 0) is 48.0 Å². The molecule has 5 nitrogen and oxygen atoms in total. The van der Waals surface area contributed by atoms with Gasteiger partial charge in [0.2, 0.25) is 5.28 Å². The van der Waals surface area contributed by atoms with E-state index in [2.05, 4.69) is 15.3 Å². The Balaban J connectivity index is 1.90.